The average Bonchev–Trinajstić information content (AvgIpc) is 3.26. The lowest BCUT2D eigenvalue weighted by Crippen LogP contribution is -2.48. The van der Waals surface area contributed by atoms with Gasteiger partial charge in [-0.15, -0.1) is 0 Å². The molecule has 0 spiro atoms. The number of likely N-dealkylation sites (N-methyl/N-ethyl adjacent to an activating group) is 1. The molecule has 3 unspecified atom stereocenters. The van der Waals surface area contributed by atoms with E-state index in [1.165, 1.54) is 33.8 Å². The van der Waals surface area contributed by atoms with E-state index in [1.807, 2.05) is 0 Å². The van der Waals surface area contributed by atoms with E-state index >= 15 is 0 Å². The normalized spacial score (nSPS) is 31.0. The zero-order chi connectivity index (χ0) is 14.8. The summed E-state index contributed by atoms with van der Waals surface area (Å²) in [7, 11) is 2.25. The van der Waals surface area contributed by atoms with Gasteiger partial charge in [0.05, 0.1) is 29.1 Å². The second kappa shape index (κ2) is 3.18. The molecule has 6 rings (SSSR count). The fourth-order valence-corrected chi connectivity index (χ4v) is 5.09. The molecule has 0 amide bonds. The minimum atomic E-state index is 0.0602. The van der Waals surface area contributed by atoms with Gasteiger partial charge in [-0.1, -0.05) is 44.2 Å². The lowest BCUT2D eigenvalue weighted by atomic mass is 9.72. The maximum atomic E-state index is 3.72. The predicted molar refractivity (Wildman–Crippen MR) is 89.0 cm³/mol. The van der Waals surface area contributed by atoms with Crippen LogP contribution in [0, 0.1) is 0 Å². The van der Waals surface area contributed by atoms with Gasteiger partial charge in [-0.3, -0.25) is 0 Å². The van der Waals surface area contributed by atoms with Gasteiger partial charge in [-0.2, -0.15) is 0 Å². The molecule has 3 atom stereocenters. The average molecular weight is 289 g/mol. The molecule has 3 nitrogen and oxygen atoms in total. The van der Waals surface area contributed by atoms with Crippen LogP contribution in [0.15, 0.2) is 36.4 Å². The van der Waals surface area contributed by atoms with Crippen molar-refractivity contribution in [2.24, 2.45) is 0 Å². The SMILES string of the molecule is CN1c2cccc3c2N2c4c(cccc4C3(C)C)C3NC3C12. The highest BCUT2D eigenvalue weighted by atomic mass is 15.5. The van der Waals surface area contributed by atoms with Crippen LogP contribution in [0.3, 0.4) is 0 Å². The number of para-hydroxylation sites is 2. The van der Waals surface area contributed by atoms with Crippen molar-refractivity contribution in [2.45, 2.75) is 37.5 Å². The third kappa shape index (κ3) is 1.00. The molecule has 1 fully saturated rings. The summed E-state index contributed by atoms with van der Waals surface area (Å²) in [5.74, 6) is 0. The van der Waals surface area contributed by atoms with E-state index in [4.69, 9.17) is 0 Å². The molecule has 0 radical (unpaired) electrons. The zero-order valence-electron chi connectivity index (χ0n) is 13.1. The summed E-state index contributed by atoms with van der Waals surface area (Å²) in [6.45, 7) is 4.74. The van der Waals surface area contributed by atoms with Gasteiger partial charge in [0.2, 0.25) is 0 Å². The molecule has 2 aromatic rings. The molecule has 0 aliphatic carbocycles. The first-order valence-electron chi connectivity index (χ1n) is 8.16. The second-order valence-electron chi connectivity index (χ2n) is 7.61. The number of hydrogen-bond acceptors (Lipinski definition) is 3. The summed E-state index contributed by atoms with van der Waals surface area (Å²) < 4.78 is 0. The molecule has 4 aliphatic heterocycles. The molecule has 2 aromatic carbocycles. The van der Waals surface area contributed by atoms with Gasteiger partial charge in [0.1, 0.15) is 6.17 Å². The summed E-state index contributed by atoms with van der Waals surface area (Å²) in [5.41, 5.74) is 8.77. The largest absolute Gasteiger partial charge is 0.351 e. The Labute approximate surface area is 130 Å². The number of hydrogen-bond donors (Lipinski definition) is 1. The Hall–Kier alpha value is -2.00. The van der Waals surface area contributed by atoms with Gasteiger partial charge in [0.15, 0.2) is 0 Å². The molecule has 1 N–H and O–H groups in total. The van der Waals surface area contributed by atoms with Crippen molar-refractivity contribution in [1.29, 1.82) is 0 Å². The van der Waals surface area contributed by atoms with Gasteiger partial charge in [-0.25, -0.2) is 0 Å². The van der Waals surface area contributed by atoms with Gasteiger partial charge in [-0.05, 0) is 22.8 Å². The van der Waals surface area contributed by atoms with Crippen molar-refractivity contribution in [3.8, 4) is 0 Å². The number of nitrogens with zero attached hydrogens (tertiary/aromatic N) is 2. The molecular formula is C19H19N3. The van der Waals surface area contributed by atoms with Crippen LogP contribution in [0.2, 0.25) is 0 Å². The van der Waals surface area contributed by atoms with Crippen molar-refractivity contribution in [1.82, 2.24) is 5.32 Å². The molecule has 0 aromatic heterocycles. The Kier molecular flexibility index (Phi) is 1.67. The standard InChI is InChI=1S/C19H19N3/c1-19(2)11-7-4-6-10-14-15(20-14)18-21(3)13-9-5-8-12(19)17(13)22(18)16(10)11/h4-9,14-15,18,20H,1-3H3. The molecule has 4 heterocycles. The number of nitrogens with one attached hydrogen (secondary N) is 1. The monoisotopic (exact) mass is 289 g/mol. The lowest BCUT2D eigenvalue weighted by molar-refractivity contribution is 0.580. The highest BCUT2D eigenvalue weighted by molar-refractivity contribution is 5.94. The van der Waals surface area contributed by atoms with Crippen LogP contribution in [-0.4, -0.2) is 19.3 Å². The van der Waals surface area contributed by atoms with Crippen LogP contribution >= 0.6 is 0 Å². The number of anilines is 3. The van der Waals surface area contributed by atoms with Crippen LogP contribution < -0.4 is 15.1 Å². The van der Waals surface area contributed by atoms with E-state index in [0.717, 1.165) is 0 Å². The van der Waals surface area contributed by atoms with E-state index in [0.29, 0.717) is 18.2 Å². The highest BCUT2D eigenvalue weighted by Gasteiger charge is 2.59. The van der Waals surface area contributed by atoms with E-state index in [1.54, 1.807) is 0 Å². The van der Waals surface area contributed by atoms with Crippen LogP contribution in [0.4, 0.5) is 17.1 Å². The lowest BCUT2D eigenvalue weighted by Gasteiger charge is -2.44. The maximum Gasteiger partial charge on any atom is 0.124 e. The van der Waals surface area contributed by atoms with Crippen LogP contribution in [0.5, 0.6) is 0 Å². The van der Waals surface area contributed by atoms with Crippen molar-refractivity contribution in [2.75, 3.05) is 16.8 Å². The van der Waals surface area contributed by atoms with Crippen LogP contribution in [-0.2, 0) is 5.41 Å². The molecular weight excluding hydrogens is 270 g/mol. The Morgan fingerprint density at radius 3 is 2.55 bits per heavy atom. The third-order valence-corrected chi connectivity index (χ3v) is 6.23. The Morgan fingerprint density at radius 2 is 1.73 bits per heavy atom. The maximum absolute atomic E-state index is 3.72. The van der Waals surface area contributed by atoms with Crippen molar-refractivity contribution in [3.63, 3.8) is 0 Å². The fraction of sp³-hybridized carbons (Fsp3) is 0.368. The quantitative estimate of drug-likeness (QED) is 0.755. The Bertz CT molecular complexity index is 854. The Morgan fingerprint density at radius 1 is 1.00 bits per heavy atom. The first-order chi connectivity index (χ1) is 10.6. The minimum absolute atomic E-state index is 0.0602. The zero-order valence-corrected chi connectivity index (χ0v) is 13.1. The molecule has 3 heteroatoms. The number of benzene rings is 2. The summed E-state index contributed by atoms with van der Waals surface area (Å²) in [5, 5.41) is 3.72. The summed E-state index contributed by atoms with van der Waals surface area (Å²) in [6.07, 6.45) is 0.422. The summed E-state index contributed by atoms with van der Waals surface area (Å²) in [4.78, 5) is 5.08. The molecule has 0 saturated carbocycles. The molecule has 4 aliphatic rings. The van der Waals surface area contributed by atoms with Gasteiger partial charge >= 0.3 is 0 Å². The van der Waals surface area contributed by atoms with Crippen LogP contribution in [0.1, 0.15) is 36.6 Å². The molecule has 110 valence electrons. The van der Waals surface area contributed by atoms with Crippen molar-refractivity contribution >= 4 is 17.1 Å². The summed E-state index contributed by atoms with van der Waals surface area (Å²) in [6, 6.07) is 14.8. The molecule has 22 heavy (non-hydrogen) atoms. The van der Waals surface area contributed by atoms with E-state index in [9.17, 15) is 0 Å². The Balaban J connectivity index is 1.80. The first kappa shape index (κ1) is 11.6. The topological polar surface area (TPSA) is 28.4 Å². The van der Waals surface area contributed by atoms with Crippen LogP contribution in [0.25, 0.3) is 0 Å². The molecule has 0 bridgehead atoms. The number of fused-ring (bicyclic) bond motifs is 3. The fourth-order valence-electron chi connectivity index (χ4n) is 5.09. The van der Waals surface area contributed by atoms with Gasteiger partial charge in [0.25, 0.3) is 0 Å². The third-order valence-electron chi connectivity index (χ3n) is 6.23. The van der Waals surface area contributed by atoms with E-state index < -0.39 is 0 Å². The highest BCUT2D eigenvalue weighted by Crippen LogP contribution is 2.62. The van der Waals surface area contributed by atoms with Gasteiger partial charge in [0, 0.05) is 12.5 Å². The van der Waals surface area contributed by atoms with Crippen molar-refractivity contribution < 1.29 is 0 Å². The van der Waals surface area contributed by atoms with Crippen molar-refractivity contribution in [3.05, 3.63) is 53.1 Å². The first-order valence-corrected chi connectivity index (χ1v) is 8.16. The molecule has 1 saturated heterocycles. The second-order valence-corrected chi connectivity index (χ2v) is 7.61. The minimum Gasteiger partial charge on any atom is -0.351 e. The van der Waals surface area contributed by atoms with E-state index in [2.05, 4.69) is 72.4 Å². The predicted octanol–water partition coefficient (Wildman–Crippen LogP) is 3.27. The summed E-state index contributed by atoms with van der Waals surface area (Å²) >= 11 is 0. The smallest absolute Gasteiger partial charge is 0.124 e. The number of rotatable bonds is 0. The van der Waals surface area contributed by atoms with E-state index in [-0.39, 0.29) is 5.41 Å². The van der Waals surface area contributed by atoms with Gasteiger partial charge < -0.3 is 15.1 Å².